The zero-order chi connectivity index (χ0) is 19.6. The van der Waals surface area contributed by atoms with E-state index in [1.165, 1.54) is 10.1 Å². The minimum atomic E-state index is -0.490. The average Bonchev–Trinajstić information content (AvgIpc) is 2.99. The number of benzene rings is 1. The number of aryl methyl sites for hydroxylation is 3. The van der Waals surface area contributed by atoms with Crippen molar-refractivity contribution in [1.82, 2.24) is 19.1 Å². The second kappa shape index (κ2) is 7.61. The SMILES string of the molecule is Cc1ccc(C=NNc2nc3c(c(=O)[nH]c(=O)n3C)n2CCC(C)C)cc1. The Morgan fingerprint density at radius 2 is 1.96 bits per heavy atom. The second-order valence-corrected chi connectivity index (χ2v) is 7.04. The van der Waals surface area contributed by atoms with Gasteiger partial charge in [-0.15, -0.1) is 0 Å². The summed E-state index contributed by atoms with van der Waals surface area (Å²) >= 11 is 0. The predicted molar refractivity (Wildman–Crippen MR) is 107 cm³/mol. The number of nitrogens with one attached hydrogen (secondary N) is 2. The number of H-pyrrole nitrogens is 1. The maximum Gasteiger partial charge on any atom is 0.329 e. The highest BCUT2D eigenvalue weighted by Crippen LogP contribution is 2.17. The van der Waals surface area contributed by atoms with Gasteiger partial charge in [-0.3, -0.25) is 14.3 Å². The number of fused-ring (bicyclic) bond motifs is 1. The number of anilines is 1. The number of nitrogens with zero attached hydrogens (tertiary/aromatic N) is 4. The van der Waals surface area contributed by atoms with Gasteiger partial charge in [0.25, 0.3) is 5.56 Å². The maximum absolute atomic E-state index is 12.4. The fourth-order valence-corrected chi connectivity index (χ4v) is 2.74. The van der Waals surface area contributed by atoms with Crippen LogP contribution in [0.25, 0.3) is 11.2 Å². The first-order valence-electron chi connectivity index (χ1n) is 8.92. The van der Waals surface area contributed by atoms with Gasteiger partial charge in [-0.2, -0.15) is 10.1 Å². The van der Waals surface area contributed by atoms with E-state index in [9.17, 15) is 9.59 Å². The predicted octanol–water partition coefficient (Wildman–Crippen LogP) is 2.22. The lowest BCUT2D eigenvalue weighted by atomic mass is 10.1. The molecule has 2 N–H and O–H groups in total. The van der Waals surface area contributed by atoms with Crippen molar-refractivity contribution in [3.05, 3.63) is 56.2 Å². The van der Waals surface area contributed by atoms with Crippen molar-refractivity contribution in [1.29, 1.82) is 0 Å². The van der Waals surface area contributed by atoms with Crippen LogP contribution in [0.3, 0.4) is 0 Å². The van der Waals surface area contributed by atoms with Gasteiger partial charge in [0.15, 0.2) is 11.2 Å². The molecule has 27 heavy (non-hydrogen) atoms. The summed E-state index contributed by atoms with van der Waals surface area (Å²) in [6.45, 7) is 6.85. The molecule has 0 saturated carbocycles. The van der Waals surface area contributed by atoms with Gasteiger partial charge >= 0.3 is 5.69 Å². The first-order valence-corrected chi connectivity index (χ1v) is 8.92. The van der Waals surface area contributed by atoms with E-state index in [0.29, 0.717) is 29.6 Å². The van der Waals surface area contributed by atoms with Gasteiger partial charge in [-0.05, 0) is 24.8 Å². The molecule has 0 bridgehead atoms. The molecule has 142 valence electrons. The lowest BCUT2D eigenvalue weighted by Crippen LogP contribution is -2.29. The van der Waals surface area contributed by atoms with E-state index in [-0.39, 0.29) is 0 Å². The first kappa shape index (κ1) is 18.6. The summed E-state index contributed by atoms with van der Waals surface area (Å²) in [6.07, 6.45) is 2.55. The number of hydrogen-bond donors (Lipinski definition) is 2. The Balaban J connectivity index is 2.00. The molecule has 0 unspecified atom stereocenters. The number of hydrogen-bond acceptors (Lipinski definition) is 5. The molecule has 0 saturated heterocycles. The van der Waals surface area contributed by atoms with E-state index in [1.807, 2.05) is 31.2 Å². The van der Waals surface area contributed by atoms with Crippen molar-refractivity contribution < 1.29 is 0 Å². The Kier molecular flexibility index (Phi) is 5.25. The average molecular weight is 368 g/mol. The Labute approximate surface area is 156 Å². The van der Waals surface area contributed by atoms with Crippen molar-refractivity contribution in [3.63, 3.8) is 0 Å². The fraction of sp³-hybridized carbons (Fsp3) is 0.368. The monoisotopic (exact) mass is 368 g/mol. The highest BCUT2D eigenvalue weighted by molar-refractivity contribution is 5.80. The summed E-state index contributed by atoms with van der Waals surface area (Å²) in [5.41, 5.74) is 4.81. The van der Waals surface area contributed by atoms with Crippen molar-refractivity contribution in [3.8, 4) is 0 Å². The van der Waals surface area contributed by atoms with Crippen molar-refractivity contribution in [2.24, 2.45) is 18.1 Å². The van der Waals surface area contributed by atoms with E-state index < -0.39 is 11.2 Å². The molecule has 0 aliphatic heterocycles. The van der Waals surface area contributed by atoms with Crippen LogP contribution in [0.4, 0.5) is 5.95 Å². The van der Waals surface area contributed by atoms with Crippen molar-refractivity contribution in [2.75, 3.05) is 5.43 Å². The second-order valence-electron chi connectivity index (χ2n) is 7.04. The van der Waals surface area contributed by atoms with Crippen LogP contribution in [0.1, 0.15) is 31.4 Å². The largest absolute Gasteiger partial charge is 0.329 e. The summed E-state index contributed by atoms with van der Waals surface area (Å²) in [5, 5.41) is 4.25. The van der Waals surface area contributed by atoms with Crippen LogP contribution in [0.15, 0.2) is 39.0 Å². The highest BCUT2D eigenvalue weighted by Gasteiger charge is 2.17. The molecule has 8 heteroatoms. The molecule has 0 atom stereocenters. The van der Waals surface area contributed by atoms with Crippen LogP contribution >= 0.6 is 0 Å². The molecule has 0 amide bonds. The molecular weight excluding hydrogens is 344 g/mol. The molecule has 1 aromatic carbocycles. The third-order valence-electron chi connectivity index (χ3n) is 4.39. The summed E-state index contributed by atoms with van der Waals surface area (Å²) in [5.74, 6) is 0.888. The third kappa shape index (κ3) is 3.99. The van der Waals surface area contributed by atoms with Crippen molar-refractivity contribution in [2.45, 2.75) is 33.7 Å². The third-order valence-corrected chi connectivity index (χ3v) is 4.39. The van der Waals surface area contributed by atoms with Crippen molar-refractivity contribution >= 4 is 23.3 Å². The molecule has 0 spiro atoms. The Bertz CT molecular complexity index is 1090. The number of aromatic amines is 1. The number of hydrazone groups is 1. The summed E-state index contributed by atoms with van der Waals surface area (Å²) < 4.78 is 3.11. The van der Waals surface area contributed by atoms with Gasteiger partial charge in [0.1, 0.15) is 0 Å². The van der Waals surface area contributed by atoms with Crippen LogP contribution in [0.5, 0.6) is 0 Å². The van der Waals surface area contributed by atoms with Gasteiger partial charge in [-0.1, -0.05) is 43.7 Å². The molecule has 2 aromatic heterocycles. The topological polar surface area (TPSA) is 97.1 Å². The van der Waals surface area contributed by atoms with Crippen LogP contribution in [0, 0.1) is 12.8 Å². The highest BCUT2D eigenvalue weighted by atomic mass is 16.2. The lowest BCUT2D eigenvalue weighted by molar-refractivity contribution is 0.524. The number of aromatic nitrogens is 4. The van der Waals surface area contributed by atoms with Crippen LogP contribution in [-0.2, 0) is 13.6 Å². The first-order chi connectivity index (χ1) is 12.9. The minimum absolute atomic E-state index is 0.334. The van der Waals surface area contributed by atoms with Gasteiger partial charge in [0, 0.05) is 13.6 Å². The minimum Gasteiger partial charge on any atom is -0.303 e. The standard InChI is InChI=1S/C19H24N6O2/c1-12(2)9-10-25-15-16(24(4)19(27)22-17(15)26)21-18(25)23-20-11-14-7-5-13(3)6-8-14/h5-8,11-12H,9-10H2,1-4H3,(H,21,23)(H,22,26,27). The van der Waals surface area contributed by atoms with Gasteiger partial charge in [0.05, 0.1) is 6.21 Å². The molecule has 0 fully saturated rings. The van der Waals surface area contributed by atoms with Crippen LogP contribution < -0.4 is 16.7 Å². The van der Waals surface area contributed by atoms with Gasteiger partial charge in [-0.25, -0.2) is 10.2 Å². The normalized spacial score (nSPS) is 11.7. The number of rotatable bonds is 6. The molecule has 0 radical (unpaired) electrons. The summed E-state index contributed by atoms with van der Waals surface area (Å²) in [4.78, 5) is 31.0. The van der Waals surface area contributed by atoms with E-state index in [2.05, 4.69) is 34.3 Å². The zero-order valence-electron chi connectivity index (χ0n) is 16.0. The Morgan fingerprint density at radius 3 is 2.63 bits per heavy atom. The molecule has 2 heterocycles. The summed E-state index contributed by atoms with van der Waals surface area (Å²) in [6, 6.07) is 7.95. The van der Waals surface area contributed by atoms with Gasteiger partial charge in [0.2, 0.25) is 5.95 Å². The fourth-order valence-electron chi connectivity index (χ4n) is 2.74. The Morgan fingerprint density at radius 1 is 1.26 bits per heavy atom. The molecule has 8 nitrogen and oxygen atoms in total. The zero-order valence-corrected chi connectivity index (χ0v) is 16.0. The van der Waals surface area contributed by atoms with E-state index in [4.69, 9.17) is 0 Å². The van der Waals surface area contributed by atoms with E-state index in [1.54, 1.807) is 17.8 Å². The van der Waals surface area contributed by atoms with Crippen LogP contribution in [-0.4, -0.2) is 25.3 Å². The smallest absolute Gasteiger partial charge is 0.303 e. The maximum atomic E-state index is 12.4. The van der Waals surface area contributed by atoms with E-state index in [0.717, 1.165) is 12.0 Å². The molecule has 3 aromatic rings. The molecule has 3 rings (SSSR count). The molecular formula is C19H24N6O2. The Hall–Kier alpha value is -3.16. The van der Waals surface area contributed by atoms with Crippen LogP contribution in [0.2, 0.25) is 0 Å². The lowest BCUT2D eigenvalue weighted by Gasteiger charge is -2.09. The number of imidazole rings is 1. The molecule has 0 aliphatic carbocycles. The van der Waals surface area contributed by atoms with Gasteiger partial charge < -0.3 is 4.57 Å². The van der Waals surface area contributed by atoms with E-state index >= 15 is 0 Å². The summed E-state index contributed by atoms with van der Waals surface area (Å²) in [7, 11) is 1.58. The quantitative estimate of drug-likeness (QED) is 0.515. The molecule has 0 aliphatic rings.